The van der Waals surface area contributed by atoms with Crippen LogP contribution >= 0.6 is 0 Å². The van der Waals surface area contributed by atoms with E-state index in [1.54, 1.807) is 19.1 Å². The van der Waals surface area contributed by atoms with Crippen molar-refractivity contribution < 1.29 is 23.8 Å². The predicted octanol–water partition coefficient (Wildman–Crippen LogP) is 2.61. The van der Waals surface area contributed by atoms with Crippen LogP contribution in [0.2, 0.25) is 0 Å². The number of ether oxygens (including phenoxy) is 3. The number of methoxy groups -OCH3 is 2. The van der Waals surface area contributed by atoms with Crippen molar-refractivity contribution in [2.24, 2.45) is 5.92 Å². The van der Waals surface area contributed by atoms with Crippen molar-refractivity contribution in [1.29, 1.82) is 0 Å². The summed E-state index contributed by atoms with van der Waals surface area (Å²) in [6.07, 6.45) is 1.90. The molecule has 2 fully saturated rings. The number of amides is 2. The Hall–Kier alpha value is -3.10. The Balaban J connectivity index is 1.24. The van der Waals surface area contributed by atoms with E-state index in [1.807, 2.05) is 30.3 Å². The molecule has 2 heterocycles. The van der Waals surface area contributed by atoms with Crippen LogP contribution in [0, 0.1) is 5.92 Å². The van der Waals surface area contributed by atoms with Crippen LogP contribution in [0.5, 0.6) is 11.5 Å². The number of morpholine rings is 1. The number of anilines is 1. The number of nitrogens with one attached hydrogen (secondary N) is 1. The highest BCUT2D eigenvalue weighted by Crippen LogP contribution is 2.28. The third kappa shape index (κ3) is 6.74. The number of benzene rings is 2. The molecule has 8 heteroatoms. The summed E-state index contributed by atoms with van der Waals surface area (Å²) in [5.74, 6) is 0.920. The topological polar surface area (TPSA) is 80.3 Å². The van der Waals surface area contributed by atoms with Crippen LogP contribution in [0.1, 0.15) is 17.5 Å². The minimum absolute atomic E-state index is 0.0177. The minimum atomic E-state index is -0.339. The van der Waals surface area contributed by atoms with E-state index in [-0.39, 0.29) is 24.2 Å². The fourth-order valence-electron chi connectivity index (χ4n) is 4.58. The largest absolute Gasteiger partial charge is 0.493 e. The maximum absolute atomic E-state index is 12.8. The van der Waals surface area contributed by atoms with Crippen LogP contribution in [0.4, 0.5) is 5.69 Å². The third-order valence-electron chi connectivity index (χ3n) is 6.75. The van der Waals surface area contributed by atoms with E-state index in [9.17, 15) is 9.59 Å². The van der Waals surface area contributed by atoms with E-state index in [0.717, 1.165) is 50.5 Å². The predicted molar refractivity (Wildman–Crippen MR) is 134 cm³/mol. The maximum atomic E-state index is 12.8. The smallest absolute Gasteiger partial charge is 0.229 e. The fraction of sp³-hybridized carbons (Fsp3) is 0.481. The lowest BCUT2D eigenvalue weighted by molar-refractivity contribution is -0.128. The molecule has 2 aromatic rings. The average molecular weight is 482 g/mol. The van der Waals surface area contributed by atoms with E-state index in [4.69, 9.17) is 14.2 Å². The summed E-state index contributed by atoms with van der Waals surface area (Å²) in [6, 6.07) is 13.8. The van der Waals surface area contributed by atoms with Gasteiger partial charge in [-0.25, -0.2) is 0 Å². The van der Waals surface area contributed by atoms with Crippen LogP contribution < -0.4 is 14.8 Å². The Labute approximate surface area is 207 Å². The van der Waals surface area contributed by atoms with Crippen molar-refractivity contribution in [2.75, 3.05) is 65.5 Å². The number of carbonyl (C=O) groups is 2. The number of rotatable bonds is 10. The van der Waals surface area contributed by atoms with Crippen LogP contribution in [-0.4, -0.2) is 81.8 Å². The summed E-state index contributed by atoms with van der Waals surface area (Å²) in [4.78, 5) is 29.5. The highest BCUT2D eigenvalue weighted by atomic mass is 16.5. The van der Waals surface area contributed by atoms with Gasteiger partial charge in [0, 0.05) is 44.8 Å². The maximum Gasteiger partial charge on any atom is 0.229 e. The molecule has 0 saturated carbocycles. The molecule has 4 rings (SSSR count). The molecule has 0 bridgehead atoms. The molecular weight excluding hydrogens is 446 g/mol. The molecule has 1 atom stereocenters. The van der Waals surface area contributed by atoms with E-state index in [0.29, 0.717) is 31.0 Å². The zero-order valence-electron chi connectivity index (χ0n) is 20.6. The molecule has 0 aromatic heterocycles. The Morgan fingerprint density at radius 1 is 0.971 bits per heavy atom. The monoisotopic (exact) mass is 481 g/mol. The standard InChI is InChI=1S/C27H35N3O5/c1-33-24-8-5-21(17-25(24)34-2)10-12-30-19-22(18-26(30)31)27(32)28-23-6-3-20(4-7-23)9-11-29-13-15-35-16-14-29/h3-8,17,22H,9-16,18-19H2,1-2H3,(H,28,32). The lowest BCUT2D eigenvalue weighted by Gasteiger charge is -2.26. The van der Waals surface area contributed by atoms with Crippen molar-refractivity contribution in [3.8, 4) is 11.5 Å². The number of hydrogen-bond acceptors (Lipinski definition) is 6. The third-order valence-corrected chi connectivity index (χ3v) is 6.75. The zero-order valence-corrected chi connectivity index (χ0v) is 20.6. The van der Waals surface area contributed by atoms with Gasteiger partial charge in [-0.1, -0.05) is 18.2 Å². The van der Waals surface area contributed by atoms with Crippen molar-refractivity contribution in [2.45, 2.75) is 19.3 Å². The fourth-order valence-corrected chi connectivity index (χ4v) is 4.58. The molecule has 2 aliphatic heterocycles. The second kappa shape index (κ2) is 12.0. The molecule has 0 spiro atoms. The minimum Gasteiger partial charge on any atom is -0.493 e. The SMILES string of the molecule is COc1ccc(CCN2CC(C(=O)Nc3ccc(CCN4CCOCC4)cc3)CC2=O)cc1OC. The second-order valence-electron chi connectivity index (χ2n) is 9.07. The van der Waals surface area contributed by atoms with Gasteiger partial charge in [-0.15, -0.1) is 0 Å². The number of carbonyl (C=O) groups excluding carboxylic acids is 2. The van der Waals surface area contributed by atoms with E-state index >= 15 is 0 Å². The summed E-state index contributed by atoms with van der Waals surface area (Å²) in [5.41, 5.74) is 3.06. The molecule has 188 valence electrons. The summed E-state index contributed by atoms with van der Waals surface area (Å²) >= 11 is 0. The Kier molecular flexibility index (Phi) is 8.60. The molecule has 1 unspecified atom stereocenters. The van der Waals surface area contributed by atoms with Gasteiger partial charge < -0.3 is 24.4 Å². The quantitative estimate of drug-likeness (QED) is 0.562. The van der Waals surface area contributed by atoms with Gasteiger partial charge in [0.1, 0.15) is 0 Å². The molecule has 2 aromatic carbocycles. The molecule has 1 N–H and O–H groups in total. The highest BCUT2D eigenvalue weighted by Gasteiger charge is 2.34. The lowest BCUT2D eigenvalue weighted by atomic mass is 10.1. The molecule has 35 heavy (non-hydrogen) atoms. The lowest BCUT2D eigenvalue weighted by Crippen LogP contribution is -2.37. The van der Waals surface area contributed by atoms with Gasteiger partial charge in [0.15, 0.2) is 11.5 Å². The Morgan fingerprint density at radius 2 is 1.66 bits per heavy atom. The first-order valence-electron chi connectivity index (χ1n) is 12.2. The number of hydrogen-bond donors (Lipinski definition) is 1. The van der Waals surface area contributed by atoms with Gasteiger partial charge in [0.2, 0.25) is 11.8 Å². The first kappa shape index (κ1) is 25.0. The Bertz CT molecular complexity index is 1000. The zero-order chi connectivity index (χ0) is 24.6. The van der Waals surface area contributed by atoms with Crippen molar-refractivity contribution >= 4 is 17.5 Å². The van der Waals surface area contributed by atoms with Gasteiger partial charge >= 0.3 is 0 Å². The van der Waals surface area contributed by atoms with E-state index in [1.165, 1.54) is 5.56 Å². The van der Waals surface area contributed by atoms with Crippen LogP contribution in [-0.2, 0) is 27.2 Å². The number of likely N-dealkylation sites (tertiary alicyclic amines) is 1. The molecular formula is C27H35N3O5. The van der Waals surface area contributed by atoms with Crippen LogP contribution in [0.25, 0.3) is 0 Å². The van der Waals surface area contributed by atoms with Crippen LogP contribution in [0.3, 0.4) is 0 Å². The molecule has 0 aliphatic carbocycles. The molecule has 0 radical (unpaired) electrons. The highest BCUT2D eigenvalue weighted by molar-refractivity contribution is 5.97. The van der Waals surface area contributed by atoms with Gasteiger partial charge in [0.05, 0.1) is 33.4 Å². The van der Waals surface area contributed by atoms with E-state index in [2.05, 4.69) is 22.3 Å². The number of nitrogens with zero attached hydrogens (tertiary/aromatic N) is 2. The summed E-state index contributed by atoms with van der Waals surface area (Å²) in [5, 5.41) is 2.98. The molecule has 2 saturated heterocycles. The van der Waals surface area contributed by atoms with E-state index < -0.39 is 0 Å². The van der Waals surface area contributed by atoms with Gasteiger partial charge in [-0.05, 0) is 48.2 Å². The summed E-state index contributed by atoms with van der Waals surface area (Å²) in [7, 11) is 3.21. The normalized spacial score (nSPS) is 18.5. The van der Waals surface area contributed by atoms with Crippen LogP contribution in [0.15, 0.2) is 42.5 Å². The average Bonchev–Trinajstić information content (AvgIpc) is 3.28. The summed E-state index contributed by atoms with van der Waals surface area (Å²) < 4.78 is 16.0. The molecule has 8 nitrogen and oxygen atoms in total. The van der Waals surface area contributed by atoms with Crippen molar-refractivity contribution in [3.63, 3.8) is 0 Å². The van der Waals surface area contributed by atoms with Crippen molar-refractivity contribution in [3.05, 3.63) is 53.6 Å². The Morgan fingerprint density at radius 3 is 2.37 bits per heavy atom. The first-order chi connectivity index (χ1) is 17.1. The molecule has 2 aliphatic rings. The summed E-state index contributed by atoms with van der Waals surface area (Å²) in [6.45, 7) is 5.60. The van der Waals surface area contributed by atoms with Gasteiger partial charge in [-0.3, -0.25) is 14.5 Å². The first-order valence-corrected chi connectivity index (χ1v) is 12.2. The van der Waals surface area contributed by atoms with Gasteiger partial charge in [-0.2, -0.15) is 0 Å². The van der Waals surface area contributed by atoms with Gasteiger partial charge in [0.25, 0.3) is 0 Å². The second-order valence-corrected chi connectivity index (χ2v) is 9.07. The molecule has 2 amide bonds. The van der Waals surface area contributed by atoms with Crippen molar-refractivity contribution in [1.82, 2.24) is 9.80 Å².